The summed E-state index contributed by atoms with van der Waals surface area (Å²) in [7, 11) is -2.95. The number of nitrogens with zero attached hydrogens (tertiary/aromatic N) is 1. The summed E-state index contributed by atoms with van der Waals surface area (Å²) in [4.78, 5) is 17.5. The molecule has 0 radical (unpaired) electrons. The van der Waals surface area contributed by atoms with Crippen molar-refractivity contribution in [2.45, 2.75) is 88.6 Å². The first-order chi connectivity index (χ1) is 16.2. The van der Waals surface area contributed by atoms with Gasteiger partial charge in [-0.3, -0.25) is 0 Å². The van der Waals surface area contributed by atoms with Gasteiger partial charge in [0.2, 0.25) is 10.0 Å². The highest BCUT2D eigenvalue weighted by molar-refractivity contribution is 7.89. The highest BCUT2D eigenvalue weighted by atomic mass is 32.2. The molecule has 1 fully saturated rings. The minimum Gasteiger partial charge on any atom is -0.442 e. The van der Waals surface area contributed by atoms with Crippen molar-refractivity contribution in [3.63, 3.8) is 0 Å². The molecular formula is C23H36F3N3O5S. The number of anilines is 1. The summed E-state index contributed by atoms with van der Waals surface area (Å²) in [6, 6.07) is 5.66. The van der Waals surface area contributed by atoms with Gasteiger partial charge in [0.1, 0.15) is 5.60 Å². The fourth-order valence-corrected chi connectivity index (χ4v) is 4.95. The van der Waals surface area contributed by atoms with Gasteiger partial charge in [-0.1, -0.05) is 32.1 Å². The van der Waals surface area contributed by atoms with Gasteiger partial charge in [-0.15, -0.1) is 0 Å². The van der Waals surface area contributed by atoms with Crippen LogP contribution in [0.4, 0.5) is 23.7 Å². The van der Waals surface area contributed by atoms with E-state index in [1.54, 1.807) is 20.8 Å². The summed E-state index contributed by atoms with van der Waals surface area (Å²) in [5.41, 5.74) is 2.16. The van der Waals surface area contributed by atoms with Crippen LogP contribution in [-0.2, 0) is 19.6 Å². The number of hydrogen-bond acceptors (Lipinski definition) is 6. The second kappa shape index (κ2) is 12.3. The number of ether oxygens (including phenoxy) is 1. The molecule has 12 heteroatoms. The Kier molecular flexibility index (Phi) is 10.2. The van der Waals surface area contributed by atoms with Crippen molar-refractivity contribution < 1.29 is 36.0 Å². The van der Waals surface area contributed by atoms with E-state index in [2.05, 4.69) is 10.8 Å². The third-order valence-electron chi connectivity index (χ3n) is 5.56. The molecule has 0 unspecified atom stereocenters. The number of halogens is 3. The molecule has 1 aromatic carbocycles. The lowest BCUT2D eigenvalue weighted by Crippen LogP contribution is -2.38. The average molecular weight is 524 g/mol. The first kappa shape index (κ1) is 29.2. The quantitative estimate of drug-likeness (QED) is 0.314. The van der Waals surface area contributed by atoms with Crippen molar-refractivity contribution in [2.24, 2.45) is 5.92 Å². The van der Waals surface area contributed by atoms with Crippen molar-refractivity contribution in [2.75, 3.05) is 18.9 Å². The zero-order chi connectivity index (χ0) is 26.3. The van der Waals surface area contributed by atoms with Crippen LogP contribution in [0.15, 0.2) is 29.2 Å². The SMILES string of the molecule is CN(CCC(F)(F)F)S(=O)(=O)c1ccc(N[C@H](CC2CCCCC2)ONC(=O)OC(C)(C)C)cc1. The molecule has 0 bridgehead atoms. The van der Waals surface area contributed by atoms with Gasteiger partial charge in [-0.25, -0.2) is 22.4 Å². The number of sulfonamides is 1. The van der Waals surface area contributed by atoms with Gasteiger partial charge in [-0.2, -0.15) is 18.7 Å². The van der Waals surface area contributed by atoms with Crippen LogP contribution in [0.1, 0.15) is 65.7 Å². The van der Waals surface area contributed by atoms with Crippen LogP contribution in [0.2, 0.25) is 0 Å². The molecule has 2 N–H and O–H groups in total. The van der Waals surface area contributed by atoms with Crippen LogP contribution in [0, 0.1) is 5.92 Å². The van der Waals surface area contributed by atoms with E-state index >= 15 is 0 Å². The summed E-state index contributed by atoms with van der Waals surface area (Å²) >= 11 is 0. The van der Waals surface area contributed by atoms with Gasteiger partial charge >= 0.3 is 12.3 Å². The predicted molar refractivity (Wildman–Crippen MR) is 126 cm³/mol. The minimum atomic E-state index is -4.45. The van der Waals surface area contributed by atoms with E-state index in [4.69, 9.17) is 9.57 Å². The van der Waals surface area contributed by atoms with Gasteiger partial charge < -0.3 is 10.1 Å². The van der Waals surface area contributed by atoms with Crippen LogP contribution < -0.4 is 10.8 Å². The van der Waals surface area contributed by atoms with Crippen molar-refractivity contribution in [3.8, 4) is 0 Å². The molecule has 2 rings (SSSR count). The highest BCUT2D eigenvalue weighted by Gasteiger charge is 2.30. The number of hydroxylamine groups is 1. The second-order valence-electron chi connectivity index (χ2n) is 9.81. The van der Waals surface area contributed by atoms with Gasteiger partial charge in [0.05, 0.1) is 11.3 Å². The number of nitrogens with one attached hydrogen (secondary N) is 2. The summed E-state index contributed by atoms with van der Waals surface area (Å²) < 4.78 is 68.5. The molecule has 0 aromatic heterocycles. The van der Waals surface area contributed by atoms with Gasteiger partial charge in [0.15, 0.2) is 6.23 Å². The van der Waals surface area contributed by atoms with Gasteiger partial charge in [0, 0.05) is 19.3 Å². The lowest BCUT2D eigenvalue weighted by Gasteiger charge is -2.28. The highest BCUT2D eigenvalue weighted by Crippen LogP contribution is 2.29. The largest absolute Gasteiger partial charge is 0.442 e. The maximum atomic E-state index is 12.6. The lowest BCUT2D eigenvalue weighted by atomic mass is 9.86. The maximum Gasteiger partial charge on any atom is 0.431 e. The second-order valence-corrected chi connectivity index (χ2v) is 11.9. The Morgan fingerprint density at radius 1 is 1.11 bits per heavy atom. The van der Waals surface area contributed by atoms with E-state index in [1.165, 1.54) is 30.7 Å². The Balaban J connectivity index is 2.05. The Labute approximate surface area is 205 Å². The number of rotatable bonds is 10. The van der Waals surface area contributed by atoms with Crippen molar-refractivity contribution in [1.82, 2.24) is 9.79 Å². The number of alkyl halides is 3. The molecule has 1 aromatic rings. The fourth-order valence-electron chi connectivity index (χ4n) is 3.77. The van der Waals surface area contributed by atoms with E-state index in [1.807, 2.05) is 0 Å². The minimum absolute atomic E-state index is 0.121. The Morgan fingerprint density at radius 2 is 1.71 bits per heavy atom. The molecule has 0 saturated heterocycles. The maximum absolute atomic E-state index is 12.6. The fraction of sp³-hybridized carbons (Fsp3) is 0.696. The number of carbonyl (C=O) groups is 1. The molecule has 0 aliphatic heterocycles. The molecule has 1 amide bonds. The Bertz CT molecular complexity index is 912. The molecule has 0 heterocycles. The van der Waals surface area contributed by atoms with Crippen LogP contribution in [0.5, 0.6) is 0 Å². The third kappa shape index (κ3) is 10.6. The summed E-state index contributed by atoms with van der Waals surface area (Å²) in [5.74, 6) is 0.406. The monoisotopic (exact) mass is 523 g/mol. The number of hydrogen-bond donors (Lipinski definition) is 2. The summed E-state index contributed by atoms with van der Waals surface area (Å²) in [6.07, 6.45) is -0.819. The molecular weight excluding hydrogens is 487 g/mol. The smallest absolute Gasteiger partial charge is 0.431 e. The first-order valence-corrected chi connectivity index (χ1v) is 13.1. The molecule has 1 aliphatic carbocycles. The van der Waals surface area contributed by atoms with E-state index in [0.717, 1.165) is 32.7 Å². The van der Waals surface area contributed by atoms with Gasteiger partial charge in [0.25, 0.3) is 0 Å². The topological polar surface area (TPSA) is 97.0 Å². The Hall–Kier alpha value is -2.05. The molecule has 8 nitrogen and oxygen atoms in total. The van der Waals surface area contributed by atoms with Crippen molar-refractivity contribution >= 4 is 21.8 Å². The summed E-state index contributed by atoms with van der Waals surface area (Å²) in [6.45, 7) is 4.54. The molecule has 1 atom stereocenters. The van der Waals surface area contributed by atoms with E-state index < -0.39 is 47.1 Å². The number of amides is 1. The molecule has 1 saturated carbocycles. The van der Waals surface area contributed by atoms with Crippen molar-refractivity contribution in [3.05, 3.63) is 24.3 Å². The van der Waals surface area contributed by atoms with E-state index in [-0.39, 0.29) is 4.90 Å². The zero-order valence-electron chi connectivity index (χ0n) is 20.7. The molecule has 35 heavy (non-hydrogen) atoms. The third-order valence-corrected chi connectivity index (χ3v) is 7.43. The summed E-state index contributed by atoms with van der Waals surface area (Å²) in [5, 5.41) is 3.15. The zero-order valence-corrected chi connectivity index (χ0v) is 21.5. The van der Waals surface area contributed by atoms with Crippen LogP contribution in [0.3, 0.4) is 0 Å². The number of carbonyl (C=O) groups excluding carboxylic acids is 1. The van der Waals surface area contributed by atoms with Crippen LogP contribution in [-0.4, -0.2) is 50.4 Å². The Morgan fingerprint density at radius 3 is 2.26 bits per heavy atom. The normalized spacial score (nSPS) is 16.7. The number of benzene rings is 1. The van der Waals surface area contributed by atoms with Crippen LogP contribution >= 0.6 is 0 Å². The standard InChI is InChI=1S/C23H36F3N3O5S/c1-22(2,3)33-21(30)28-34-20(16-17-8-6-5-7-9-17)27-18-10-12-19(13-11-18)35(31,32)29(4)15-14-23(24,25)26/h10-13,17,20,27H,5-9,14-16H2,1-4H3,(H,28,30)/t20-/m0/s1. The van der Waals surface area contributed by atoms with Crippen LogP contribution in [0.25, 0.3) is 0 Å². The van der Waals surface area contributed by atoms with E-state index in [0.29, 0.717) is 22.3 Å². The van der Waals surface area contributed by atoms with Gasteiger partial charge in [-0.05, 0) is 57.4 Å². The lowest BCUT2D eigenvalue weighted by molar-refractivity contribution is -0.135. The van der Waals surface area contributed by atoms with Crippen molar-refractivity contribution in [1.29, 1.82) is 0 Å². The first-order valence-electron chi connectivity index (χ1n) is 11.7. The predicted octanol–water partition coefficient (Wildman–Crippen LogP) is 5.42. The average Bonchev–Trinajstić information content (AvgIpc) is 2.75. The molecule has 1 aliphatic rings. The van der Waals surface area contributed by atoms with E-state index in [9.17, 15) is 26.4 Å². The molecule has 0 spiro atoms. The molecule has 200 valence electrons.